The fourth-order valence-corrected chi connectivity index (χ4v) is 4.47. The van der Waals surface area contributed by atoms with Crippen LogP contribution < -0.4 is 0 Å². The molecule has 1 aromatic carbocycles. The van der Waals surface area contributed by atoms with Crippen LogP contribution in [0, 0.1) is 0 Å². The summed E-state index contributed by atoms with van der Waals surface area (Å²) in [5.74, 6) is 0.726. The molecule has 3 aromatic rings. The molecule has 0 saturated carbocycles. The van der Waals surface area contributed by atoms with Crippen LogP contribution in [0.15, 0.2) is 70.5 Å². The highest BCUT2D eigenvalue weighted by molar-refractivity contribution is 6.30. The second-order valence-electron chi connectivity index (χ2n) is 7.80. The molecular weight excluding hydrogens is 400 g/mol. The first kappa shape index (κ1) is 19.2. The Morgan fingerprint density at radius 2 is 2.00 bits per heavy atom. The number of rotatable bonds is 4. The van der Waals surface area contributed by atoms with Gasteiger partial charge < -0.3 is 8.98 Å². The van der Waals surface area contributed by atoms with E-state index in [4.69, 9.17) is 21.1 Å². The molecule has 6 nitrogen and oxygen atoms in total. The average molecular weight is 423 g/mol. The molecule has 0 spiro atoms. The lowest BCUT2D eigenvalue weighted by Gasteiger charge is -2.35. The molecule has 2 unspecified atom stereocenters. The Morgan fingerprint density at radius 3 is 2.77 bits per heavy atom. The Morgan fingerprint density at radius 1 is 1.17 bits per heavy atom. The van der Waals surface area contributed by atoms with E-state index in [-0.39, 0.29) is 18.0 Å². The number of hydrogen-bond acceptors (Lipinski definition) is 4. The van der Waals surface area contributed by atoms with E-state index in [0.717, 1.165) is 30.1 Å². The van der Waals surface area contributed by atoms with Gasteiger partial charge in [-0.15, -0.1) is 0 Å². The molecule has 1 amide bonds. The second-order valence-corrected chi connectivity index (χ2v) is 8.24. The maximum atomic E-state index is 13.4. The lowest BCUT2D eigenvalue weighted by atomic mass is 10.0. The highest BCUT2D eigenvalue weighted by Gasteiger charge is 2.36. The van der Waals surface area contributed by atoms with E-state index in [1.54, 1.807) is 11.3 Å². The lowest BCUT2D eigenvalue weighted by Crippen LogP contribution is -2.43. The molecule has 2 aliphatic heterocycles. The average Bonchev–Trinajstić information content (AvgIpc) is 3.50. The van der Waals surface area contributed by atoms with Gasteiger partial charge >= 0.3 is 0 Å². The minimum Gasteiger partial charge on any atom is -0.467 e. The van der Waals surface area contributed by atoms with Crippen molar-refractivity contribution in [2.24, 2.45) is 5.10 Å². The topological polar surface area (TPSA) is 54.0 Å². The monoisotopic (exact) mass is 422 g/mol. The van der Waals surface area contributed by atoms with Crippen molar-refractivity contribution in [2.75, 3.05) is 13.1 Å². The van der Waals surface area contributed by atoms with Gasteiger partial charge in [0, 0.05) is 42.5 Å². The van der Waals surface area contributed by atoms with Crippen LogP contribution in [0.4, 0.5) is 0 Å². The maximum Gasteiger partial charge on any atom is 0.257 e. The summed E-state index contributed by atoms with van der Waals surface area (Å²) in [5, 5.41) is 6.99. The normalized spacial score (nSPS) is 21.5. The van der Waals surface area contributed by atoms with Crippen molar-refractivity contribution in [3.63, 3.8) is 0 Å². The number of amides is 1. The number of nitrogens with zero attached hydrogens (tertiary/aromatic N) is 4. The summed E-state index contributed by atoms with van der Waals surface area (Å²) >= 11 is 6.03. The largest absolute Gasteiger partial charge is 0.467 e. The standard InChI is InChI=1S/C23H23ClN4O2/c1-16-20-4-2-10-26(20)11-12-27(16)15-23(29)28-21(22-5-3-13-30-22)14-19(25-28)17-6-8-18(24)9-7-17/h2-10,13,16,21H,11-12,14-15H2,1H3. The van der Waals surface area contributed by atoms with Gasteiger partial charge in [-0.05, 0) is 48.9 Å². The van der Waals surface area contributed by atoms with Crippen molar-refractivity contribution in [1.82, 2.24) is 14.5 Å². The summed E-state index contributed by atoms with van der Waals surface area (Å²) in [6.45, 7) is 4.19. The van der Waals surface area contributed by atoms with E-state index in [1.807, 2.05) is 36.4 Å². The molecular formula is C23H23ClN4O2. The molecule has 0 N–H and O–H groups in total. The number of furan rings is 1. The highest BCUT2D eigenvalue weighted by Crippen LogP contribution is 2.34. The van der Waals surface area contributed by atoms with Crippen LogP contribution >= 0.6 is 11.6 Å². The number of carbonyl (C=O) groups excluding carboxylic acids is 1. The minimum atomic E-state index is -0.234. The molecule has 2 atom stereocenters. The minimum absolute atomic E-state index is 0.0211. The van der Waals surface area contributed by atoms with Gasteiger partial charge in [0.25, 0.3) is 5.91 Å². The predicted octanol–water partition coefficient (Wildman–Crippen LogP) is 4.49. The van der Waals surface area contributed by atoms with Crippen molar-refractivity contribution < 1.29 is 9.21 Å². The van der Waals surface area contributed by atoms with Gasteiger partial charge in [-0.2, -0.15) is 5.10 Å². The summed E-state index contributed by atoms with van der Waals surface area (Å²) < 4.78 is 7.90. The van der Waals surface area contributed by atoms with E-state index in [9.17, 15) is 4.79 Å². The Bertz CT molecular complexity index is 1070. The van der Waals surface area contributed by atoms with Crippen LogP contribution in [-0.2, 0) is 11.3 Å². The van der Waals surface area contributed by atoms with Gasteiger partial charge in [-0.3, -0.25) is 9.69 Å². The van der Waals surface area contributed by atoms with Gasteiger partial charge in [0.2, 0.25) is 0 Å². The molecule has 2 aromatic heterocycles. The number of aromatic nitrogens is 1. The first-order chi connectivity index (χ1) is 14.6. The zero-order chi connectivity index (χ0) is 20.7. The van der Waals surface area contributed by atoms with Crippen molar-refractivity contribution in [3.05, 3.63) is 83.0 Å². The van der Waals surface area contributed by atoms with Crippen LogP contribution in [0.5, 0.6) is 0 Å². The number of fused-ring (bicyclic) bond motifs is 1. The van der Waals surface area contributed by atoms with E-state index in [1.165, 1.54) is 5.69 Å². The van der Waals surface area contributed by atoms with Crippen molar-refractivity contribution in [1.29, 1.82) is 0 Å². The molecule has 154 valence electrons. The summed E-state index contributed by atoms with van der Waals surface area (Å²) in [4.78, 5) is 15.6. The Labute approximate surface area is 180 Å². The fraction of sp³-hybridized carbons (Fsp3) is 0.304. The predicted molar refractivity (Wildman–Crippen MR) is 115 cm³/mol. The quantitative estimate of drug-likeness (QED) is 0.622. The third-order valence-electron chi connectivity index (χ3n) is 6.02. The first-order valence-corrected chi connectivity index (χ1v) is 10.6. The molecule has 5 rings (SSSR count). The lowest BCUT2D eigenvalue weighted by molar-refractivity contribution is -0.135. The molecule has 0 fully saturated rings. The number of hydrazone groups is 1. The molecule has 30 heavy (non-hydrogen) atoms. The van der Waals surface area contributed by atoms with Crippen LogP contribution in [0.25, 0.3) is 0 Å². The number of halogens is 1. The second kappa shape index (κ2) is 7.78. The number of benzene rings is 1. The fourth-order valence-electron chi connectivity index (χ4n) is 4.35. The van der Waals surface area contributed by atoms with E-state index >= 15 is 0 Å². The molecule has 0 radical (unpaired) electrons. The van der Waals surface area contributed by atoms with Crippen molar-refractivity contribution in [3.8, 4) is 0 Å². The zero-order valence-corrected chi connectivity index (χ0v) is 17.5. The van der Waals surface area contributed by atoms with Gasteiger partial charge in [-0.25, -0.2) is 5.01 Å². The summed E-state index contributed by atoms with van der Waals surface area (Å²) in [6, 6.07) is 15.5. The Kier molecular flexibility index (Phi) is 4.97. The third-order valence-corrected chi connectivity index (χ3v) is 6.27. The molecule has 4 heterocycles. The summed E-state index contributed by atoms with van der Waals surface area (Å²) in [6.07, 6.45) is 4.35. The van der Waals surface area contributed by atoms with E-state index in [0.29, 0.717) is 18.0 Å². The van der Waals surface area contributed by atoms with Crippen LogP contribution in [-0.4, -0.2) is 39.2 Å². The maximum absolute atomic E-state index is 13.4. The van der Waals surface area contributed by atoms with Crippen molar-refractivity contribution in [2.45, 2.75) is 32.0 Å². The SMILES string of the molecule is CC1c2cccn2CCN1CC(=O)N1N=C(c2ccc(Cl)cc2)CC1c1ccco1. The highest BCUT2D eigenvalue weighted by atomic mass is 35.5. The van der Waals surface area contributed by atoms with Gasteiger partial charge in [0.05, 0.1) is 18.5 Å². The van der Waals surface area contributed by atoms with Gasteiger partial charge in [-0.1, -0.05) is 23.7 Å². The summed E-state index contributed by atoms with van der Waals surface area (Å²) in [7, 11) is 0. The van der Waals surface area contributed by atoms with E-state index < -0.39 is 0 Å². The van der Waals surface area contributed by atoms with Crippen molar-refractivity contribution >= 4 is 23.2 Å². The Balaban J connectivity index is 1.39. The summed E-state index contributed by atoms with van der Waals surface area (Å²) in [5.41, 5.74) is 3.07. The van der Waals surface area contributed by atoms with Crippen LogP contribution in [0.1, 0.15) is 42.4 Å². The third kappa shape index (κ3) is 3.46. The number of carbonyl (C=O) groups is 1. The van der Waals surface area contributed by atoms with Gasteiger partial charge in [0.1, 0.15) is 11.8 Å². The first-order valence-electron chi connectivity index (χ1n) is 10.2. The smallest absolute Gasteiger partial charge is 0.257 e. The van der Waals surface area contributed by atoms with Crippen LogP contribution in [0.2, 0.25) is 5.02 Å². The molecule has 0 bridgehead atoms. The zero-order valence-electron chi connectivity index (χ0n) is 16.7. The van der Waals surface area contributed by atoms with Crippen LogP contribution in [0.3, 0.4) is 0 Å². The van der Waals surface area contributed by atoms with Gasteiger partial charge in [0.15, 0.2) is 0 Å². The molecule has 0 aliphatic carbocycles. The molecule has 0 saturated heterocycles. The van der Waals surface area contributed by atoms with E-state index in [2.05, 4.69) is 34.7 Å². The Hall–Kier alpha value is -2.83. The number of hydrogen-bond donors (Lipinski definition) is 0. The molecule has 2 aliphatic rings. The molecule has 7 heteroatoms.